The lowest BCUT2D eigenvalue weighted by molar-refractivity contribution is 0.0921. The summed E-state index contributed by atoms with van der Waals surface area (Å²) in [5.74, 6) is 0.462. The van der Waals surface area contributed by atoms with Crippen LogP contribution in [0.4, 0.5) is 0 Å². The predicted octanol–water partition coefficient (Wildman–Crippen LogP) is 4.03. The van der Waals surface area contributed by atoms with Gasteiger partial charge in [-0.1, -0.05) is 29.3 Å². The number of sulfone groups is 1. The first-order valence-corrected chi connectivity index (χ1v) is 10.8. The summed E-state index contributed by atoms with van der Waals surface area (Å²) in [7, 11) is -3.00. The van der Waals surface area contributed by atoms with Gasteiger partial charge < -0.3 is 9.30 Å². The van der Waals surface area contributed by atoms with Gasteiger partial charge in [-0.15, -0.1) is 0 Å². The van der Waals surface area contributed by atoms with Crippen LogP contribution in [0.15, 0.2) is 24.3 Å². The Balaban J connectivity index is 1.78. The van der Waals surface area contributed by atoms with E-state index in [-0.39, 0.29) is 35.0 Å². The summed E-state index contributed by atoms with van der Waals surface area (Å²) in [6.07, 6.45) is 0.570. The van der Waals surface area contributed by atoms with Crippen molar-refractivity contribution in [2.45, 2.75) is 26.3 Å². The predicted molar refractivity (Wildman–Crippen MR) is 103 cm³/mol. The van der Waals surface area contributed by atoms with E-state index in [4.69, 9.17) is 27.9 Å². The number of hydrogen-bond donors (Lipinski definition) is 0. The summed E-state index contributed by atoms with van der Waals surface area (Å²) in [6.45, 7) is 3.54. The van der Waals surface area contributed by atoms with Gasteiger partial charge in [-0.05, 0) is 38.5 Å². The van der Waals surface area contributed by atoms with Crippen molar-refractivity contribution in [1.29, 1.82) is 0 Å². The molecule has 1 aromatic heterocycles. The number of halogens is 2. The minimum Gasteiger partial charge on any atom is -0.484 e. The van der Waals surface area contributed by atoms with Crippen LogP contribution in [0, 0.1) is 13.8 Å². The van der Waals surface area contributed by atoms with Gasteiger partial charge in [0, 0.05) is 23.0 Å². The lowest BCUT2D eigenvalue weighted by Crippen LogP contribution is -2.16. The van der Waals surface area contributed by atoms with E-state index in [1.165, 1.54) is 0 Å². The van der Waals surface area contributed by atoms with Crippen LogP contribution in [-0.2, 0) is 9.84 Å². The van der Waals surface area contributed by atoms with E-state index < -0.39 is 9.84 Å². The van der Waals surface area contributed by atoms with Gasteiger partial charge in [0.25, 0.3) is 0 Å². The Bertz CT molecular complexity index is 966. The lowest BCUT2D eigenvalue weighted by atomic mass is 10.1. The normalized spacial score (nSPS) is 18.8. The van der Waals surface area contributed by atoms with Crippen LogP contribution in [-0.4, -0.2) is 36.9 Å². The second-order valence-electron chi connectivity index (χ2n) is 6.48. The number of rotatable bonds is 5. The van der Waals surface area contributed by atoms with Crippen LogP contribution in [0.25, 0.3) is 0 Å². The Morgan fingerprint density at radius 1 is 1.31 bits per heavy atom. The van der Waals surface area contributed by atoms with E-state index in [1.54, 1.807) is 24.3 Å². The molecule has 1 aliphatic heterocycles. The Morgan fingerprint density at radius 3 is 2.69 bits per heavy atom. The molecule has 0 aliphatic carbocycles. The fraction of sp³-hybridized carbons (Fsp3) is 0.389. The lowest BCUT2D eigenvalue weighted by Gasteiger charge is -2.16. The van der Waals surface area contributed by atoms with Crippen LogP contribution in [0.5, 0.6) is 5.75 Å². The molecule has 2 heterocycles. The summed E-state index contributed by atoms with van der Waals surface area (Å²) < 4.78 is 31.0. The zero-order valence-corrected chi connectivity index (χ0v) is 16.8. The number of nitrogens with zero attached hydrogens (tertiary/aromatic N) is 1. The molecule has 1 fully saturated rings. The maximum Gasteiger partial charge on any atom is 0.202 e. The highest BCUT2D eigenvalue weighted by Crippen LogP contribution is 2.32. The fourth-order valence-electron chi connectivity index (χ4n) is 3.42. The van der Waals surface area contributed by atoms with Crippen LogP contribution >= 0.6 is 23.2 Å². The standard InChI is InChI=1S/C18H19Cl2NO4S/c1-11-8-14(12(2)21(11)13-6-7-26(23,24)10-13)16(22)9-25-17-5-3-4-15(19)18(17)20/h3-5,8,13H,6-7,9-10H2,1-2H3. The summed E-state index contributed by atoms with van der Waals surface area (Å²) >= 11 is 12.0. The van der Waals surface area contributed by atoms with Crippen molar-refractivity contribution in [3.8, 4) is 5.75 Å². The van der Waals surface area contributed by atoms with Gasteiger partial charge in [0.2, 0.25) is 5.78 Å². The molecule has 0 spiro atoms. The Hall–Kier alpha value is -1.50. The second-order valence-corrected chi connectivity index (χ2v) is 9.49. The summed E-state index contributed by atoms with van der Waals surface area (Å²) in [6, 6.07) is 6.65. The number of ketones is 1. The molecule has 1 aliphatic rings. The van der Waals surface area contributed by atoms with Crippen molar-refractivity contribution >= 4 is 38.8 Å². The summed E-state index contributed by atoms with van der Waals surface area (Å²) in [5.41, 5.74) is 2.16. The van der Waals surface area contributed by atoms with Gasteiger partial charge in [-0.25, -0.2) is 8.42 Å². The largest absolute Gasteiger partial charge is 0.484 e. The highest BCUT2D eigenvalue weighted by molar-refractivity contribution is 7.91. The third kappa shape index (κ3) is 3.77. The zero-order valence-electron chi connectivity index (χ0n) is 14.5. The molecule has 1 unspecified atom stereocenters. The van der Waals surface area contributed by atoms with Gasteiger partial charge in [-0.2, -0.15) is 0 Å². The van der Waals surface area contributed by atoms with E-state index in [2.05, 4.69) is 0 Å². The van der Waals surface area contributed by atoms with E-state index in [9.17, 15) is 13.2 Å². The SMILES string of the molecule is Cc1cc(C(=O)COc2cccc(Cl)c2Cl)c(C)n1C1CCS(=O)(=O)C1. The summed E-state index contributed by atoms with van der Waals surface area (Å²) in [4.78, 5) is 12.6. The first-order chi connectivity index (χ1) is 12.2. The maximum atomic E-state index is 12.6. The molecule has 3 rings (SSSR count). The van der Waals surface area contributed by atoms with E-state index in [1.807, 2.05) is 18.4 Å². The van der Waals surface area contributed by atoms with Crippen molar-refractivity contribution in [1.82, 2.24) is 4.57 Å². The monoisotopic (exact) mass is 415 g/mol. The third-order valence-electron chi connectivity index (χ3n) is 4.63. The van der Waals surface area contributed by atoms with E-state index in [0.29, 0.717) is 22.8 Å². The molecule has 0 saturated carbocycles. The minimum absolute atomic E-state index is 0.117. The molecular weight excluding hydrogens is 397 g/mol. The molecule has 1 saturated heterocycles. The highest BCUT2D eigenvalue weighted by Gasteiger charge is 2.31. The zero-order chi connectivity index (χ0) is 19.1. The van der Waals surface area contributed by atoms with Crippen LogP contribution in [0.3, 0.4) is 0 Å². The van der Waals surface area contributed by atoms with E-state index in [0.717, 1.165) is 11.4 Å². The van der Waals surface area contributed by atoms with Crippen LogP contribution in [0.2, 0.25) is 10.0 Å². The number of benzene rings is 1. The molecule has 0 radical (unpaired) electrons. The number of ether oxygens (including phenoxy) is 1. The average molecular weight is 416 g/mol. The minimum atomic E-state index is -3.00. The molecule has 2 aromatic rings. The first kappa shape index (κ1) is 19.3. The van der Waals surface area contributed by atoms with Gasteiger partial charge in [0.15, 0.2) is 16.4 Å². The number of hydrogen-bond acceptors (Lipinski definition) is 4. The van der Waals surface area contributed by atoms with Gasteiger partial charge in [0.1, 0.15) is 10.8 Å². The molecule has 0 bridgehead atoms. The molecule has 26 heavy (non-hydrogen) atoms. The number of aromatic nitrogens is 1. The van der Waals surface area contributed by atoms with Crippen molar-refractivity contribution in [3.63, 3.8) is 0 Å². The molecule has 0 amide bonds. The molecule has 8 heteroatoms. The molecule has 5 nitrogen and oxygen atoms in total. The Kier molecular flexibility index (Phi) is 5.37. The second kappa shape index (κ2) is 7.25. The van der Waals surface area contributed by atoms with Crippen molar-refractivity contribution < 1.29 is 17.9 Å². The Labute approximate surface area is 162 Å². The maximum absolute atomic E-state index is 12.6. The van der Waals surface area contributed by atoms with Gasteiger partial charge in [0.05, 0.1) is 16.5 Å². The molecule has 140 valence electrons. The van der Waals surface area contributed by atoms with Crippen LogP contribution < -0.4 is 4.74 Å². The third-order valence-corrected chi connectivity index (χ3v) is 7.19. The smallest absolute Gasteiger partial charge is 0.202 e. The van der Waals surface area contributed by atoms with Crippen molar-refractivity contribution in [2.75, 3.05) is 18.1 Å². The van der Waals surface area contributed by atoms with Crippen molar-refractivity contribution in [3.05, 3.63) is 51.3 Å². The summed E-state index contributed by atoms with van der Waals surface area (Å²) in [5, 5.41) is 0.626. The molecule has 0 N–H and O–H groups in total. The number of Topliss-reactive ketones (excluding diaryl/α,β-unsaturated/α-hetero) is 1. The van der Waals surface area contributed by atoms with Gasteiger partial charge >= 0.3 is 0 Å². The number of carbonyl (C=O) groups is 1. The van der Waals surface area contributed by atoms with Gasteiger partial charge in [-0.3, -0.25) is 4.79 Å². The molecular formula is C18H19Cl2NO4S. The van der Waals surface area contributed by atoms with Crippen molar-refractivity contribution in [2.24, 2.45) is 0 Å². The first-order valence-electron chi connectivity index (χ1n) is 8.18. The number of carbonyl (C=O) groups excluding carboxylic acids is 1. The topological polar surface area (TPSA) is 65.4 Å². The molecule has 1 atom stereocenters. The molecule has 1 aromatic carbocycles. The van der Waals surface area contributed by atoms with Crippen LogP contribution in [0.1, 0.15) is 34.2 Å². The van der Waals surface area contributed by atoms with E-state index >= 15 is 0 Å². The number of aryl methyl sites for hydroxylation is 1. The quantitative estimate of drug-likeness (QED) is 0.691. The highest BCUT2D eigenvalue weighted by atomic mass is 35.5. The fourth-order valence-corrected chi connectivity index (χ4v) is 5.46. The Morgan fingerprint density at radius 2 is 2.04 bits per heavy atom. The average Bonchev–Trinajstić information content (AvgIpc) is 3.07.